The summed E-state index contributed by atoms with van der Waals surface area (Å²) in [4.78, 5) is 0. The zero-order valence-electron chi connectivity index (χ0n) is 10.6. The van der Waals surface area contributed by atoms with Gasteiger partial charge in [0, 0.05) is 0 Å². The number of hydrogen-bond donors (Lipinski definition) is 2. The first-order valence-corrected chi connectivity index (χ1v) is 6.92. The third-order valence-corrected chi connectivity index (χ3v) is 3.78. The van der Waals surface area contributed by atoms with Crippen LogP contribution in [0.2, 0.25) is 0 Å². The second-order valence-corrected chi connectivity index (χ2v) is 5.27. The quantitative estimate of drug-likeness (QED) is 0.757. The summed E-state index contributed by atoms with van der Waals surface area (Å²) >= 11 is 1.26. The second-order valence-electron chi connectivity index (χ2n) is 4.00. The molecule has 2 aromatic rings. The first-order chi connectivity index (χ1) is 9.28. The zero-order chi connectivity index (χ0) is 13.7. The molecule has 0 spiro atoms. The molecule has 0 aliphatic carbocycles. The largest absolute Gasteiger partial charge is 0.395 e. The van der Waals surface area contributed by atoms with Crippen LogP contribution in [-0.2, 0) is 6.42 Å². The van der Waals surface area contributed by atoms with E-state index in [2.05, 4.69) is 22.4 Å². The van der Waals surface area contributed by atoms with Crippen LogP contribution in [0.5, 0.6) is 0 Å². The van der Waals surface area contributed by atoms with E-state index in [4.69, 9.17) is 10.2 Å². The predicted molar refractivity (Wildman–Crippen MR) is 72.3 cm³/mol. The lowest BCUT2D eigenvalue weighted by molar-refractivity contribution is 0.228. The number of aliphatic hydroxyl groups is 2. The Labute approximate surface area is 115 Å². The number of hydrogen-bond acceptors (Lipinski definition) is 6. The molecule has 2 rings (SSSR count). The van der Waals surface area contributed by atoms with E-state index in [1.807, 2.05) is 24.3 Å². The minimum absolute atomic E-state index is 0.122. The van der Waals surface area contributed by atoms with Crippen LogP contribution in [-0.4, -0.2) is 48.9 Å². The topological polar surface area (TPSA) is 84.1 Å². The van der Waals surface area contributed by atoms with Crippen molar-refractivity contribution in [1.82, 2.24) is 20.2 Å². The molecule has 7 heteroatoms. The van der Waals surface area contributed by atoms with E-state index >= 15 is 0 Å². The van der Waals surface area contributed by atoms with Crippen LogP contribution in [0.25, 0.3) is 5.69 Å². The maximum Gasteiger partial charge on any atom is 0.214 e. The highest BCUT2D eigenvalue weighted by atomic mass is 32.2. The first kappa shape index (κ1) is 14.0. The van der Waals surface area contributed by atoms with Gasteiger partial charge in [-0.2, -0.15) is 4.68 Å². The molecule has 1 heterocycles. The van der Waals surface area contributed by atoms with Crippen LogP contribution in [0.15, 0.2) is 29.4 Å². The molecule has 0 radical (unpaired) electrons. The van der Waals surface area contributed by atoms with Gasteiger partial charge < -0.3 is 10.2 Å². The number of aliphatic hydroxyl groups excluding tert-OH is 2. The molecule has 0 atom stereocenters. The lowest BCUT2D eigenvalue weighted by Crippen LogP contribution is -2.14. The molecule has 0 unspecified atom stereocenters. The van der Waals surface area contributed by atoms with Gasteiger partial charge in [-0.1, -0.05) is 30.8 Å². The monoisotopic (exact) mass is 280 g/mol. The molecule has 1 aromatic heterocycles. The summed E-state index contributed by atoms with van der Waals surface area (Å²) in [5.41, 5.74) is 2.08. The number of tetrazole rings is 1. The fourth-order valence-electron chi connectivity index (χ4n) is 1.60. The molecule has 0 bridgehead atoms. The summed E-state index contributed by atoms with van der Waals surface area (Å²) in [6, 6.07) is 7.95. The highest BCUT2D eigenvalue weighted by molar-refractivity contribution is 7.99. The zero-order valence-corrected chi connectivity index (χ0v) is 11.4. The Morgan fingerprint density at radius 2 is 2.11 bits per heavy atom. The number of thioether (sulfide) groups is 1. The Kier molecular flexibility index (Phi) is 4.89. The fraction of sp³-hybridized carbons (Fsp3) is 0.417. The maximum absolute atomic E-state index is 9.11. The molecular weight excluding hydrogens is 264 g/mol. The molecule has 6 nitrogen and oxygen atoms in total. The van der Waals surface area contributed by atoms with Gasteiger partial charge in [0.1, 0.15) is 0 Å². The van der Waals surface area contributed by atoms with Crippen molar-refractivity contribution >= 4 is 11.8 Å². The highest BCUT2D eigenvalue weighted by Crippen LogP contribution is 2.22. The van der Waals surface area contributed by atoms with E-state index in [0.717, 1.165) is 12.1 Å². The number of rotatable bonds is 6. The van der Waals surface area contributed by atoms with Crippen molar-refractivity contribution in [2.24, 2.45) is 0 Å². The molecule has 2 N–H and O–H groups in total. The molecule has 0 fully saturated rings. The van der Waals surface area contributed by atoms with Gasteiger partial charge in [0.2, 0.25) is 5.16 Å². The van der Waals surface area contributed by atoms with Crippen molar-refractivity contribution in [3.8, 4) is 5.69 Å². The van der Waals surface area contributed by atoms with Crippen molar-refractivity contribution in [2.45, 2.75) is 23.8 Å². The Balaban J connectivity index is 2.27. The average Bonchev–Trinajstić information content (AvgIpc) is 2.93. The minimum atomic E-state index is -0.320. The Bertz CT molecular complexity index is 528. The van der Waals surface area contributed by atoms with Crippen LogP contribution >= 0.6 is 11.8 Å². The van der Waals surface area contributed by atoms with Gasteiger partial charge in [-0.3, -0.25) is 0 Å². The van der Waals surface area contributed by atoms with E-state index in [1.54, 1.807) is 4.68 Å². The van der Waals surface area contributed by atoms with Crippen LogP contribution in [0, 0.1) is 0 Å². The van der Waals surface area contributed by atoms with E-state index in [0.29, 0.717) is 5.16 Å². The van der Waals surface area contributed by atoms with E-state index in [1.165, 1.54) is 17.3 Å². The minimum Gasteiger partial charge on any atom is -0.395 e. The van der Waals surface area contributed by atoms with Gasteiger partial charge >= 0.3 is 0 Å². The van der Waals surface area contributed by atoms with Crippen molar-refractivity contribution in [1.29, 1.82) is 0 Å². The molecule has 0 amide bonds. The van der Waals surface area contributed by atoms with Crippen molar-refractivity contribution in [2.75, 3.05) is 13.2 Å². The van der Waals surface area contributed by atoms with E-state index < -0.39 is 0 Å². The molecule has 0 aliphatic rings. The molecule has 0 saturated carbocycles. The smallest absolute Gasteiger partial charge is 0.214 e. The van der Waals surface area contributed by atoms with Crippen LogP contribution < -0.4 is 0 Å². The van der Waals surface area contributed by atoms with Gasteiger partial charge in [0.15, 0.2) is 0 Å². The summed E-state index contributed by atoms with van der Waals surface area (Å²) in [5.74, 6) is 0. The summed E-state index contributed by atoms with van der Waals surface area (Å²) in [6.07, 6.45) is 0.939. The van der Waals surface area contributed by atoms with Gasteiger partial charge in [0.05, 0.1) is 24.2 Å². The number of benzene rings is 1. The molecule has 0 saturated heterocycles. The van der Waals surface area contributed by atoms with Gasteiger partial charge in [-0.05, 0) is 34.5 Å². The lowest BCUT2D eigenvalue weighted by Gasteiger charge is -2.10. The third-order valence-electron chi connectivity index (χ3n) is 2.68. The summed E-state index contributed by atoms with van der Waals surface area (Å²) in [5, 5.41) is 30.0. The highest BCUT2D eigenvalue weighted by Gasteiger charge is 2.15. The van der Waals surface area contributed by atoms with Crippen LogP contribution in [0.4, 0.5) is 0 Å². The van der Waals surface area contributed by atoms with Gasteiger partial charge in [0.25, 0.3) is 0 Å². The van der Waals surface area contributed by atoms with Gasteiger partial charge in [-0.15, -0.1) is 5.10 Å². The number of nitrogens with zero attached hydrogens (tertiary/aromatic N) is 4. The summed E-state index contributed by atoms with van der Waals surface area (Å²) < 4.78 is 1.61. The molecule has 0 aliphatic heterocycles. The Morgan fingerprint density at radius 3 is 2.79 bits per heavy atom. The first-order valence-electron chi connectivity index (χ1n) is 6.04. The average molecular weight is 280 g/mol. The lowest BCUT2D eigenvalue weighted by atomic mass is 10.1. The predicted octanol–water partition coefficient (Wildman–Crippen LogP) is 0.670. The summed E-state index contributed by atoms with van der Waals surface area (Å²) in [6.45, 7) is 1.84. The molecule has 1 aromatic carbocycles. The number of aryl methyl sites for hydroxylation is 1. The SMILES string of the molecule is CCc1cccc(-n2nnnc2SC(CO)CO)c1. The van der Waals surface area contributed by atoms with Crippen molar-refractivity contribution < 1.29 is 10.2 Å². The van der Waals surface area contributed by atoms with E-state index in [-0.39, 0.29) is 18.5 Å². The van der Waals surface area contributed by atoms with Crippen molar-refractivity contribution in [3.05, 3.63) is 29.8 Å². The standard InChI is InChI=1S/C12H16N4O2S/c1-2-9-4-3-5-10(6-9)16-12(13-14-15-16)19-11(7-17)8-18/h3-6,11,17-18H,2,7-8H2,1H3. The molecular formula is C12H16N4O2S. The molecule has 19 heavy (non-hydrogen) atoms. The van der Waals surface area contributed by atoms with E-state index in [9.17, 15) is 0 Å². The summed E-state index contributed by atoms with van der Waals surface area (Å²) in [7, 11) is 0. The number of aromatic nitrogens is 4. The van der Waals surface area contributed by atoms with Crippen molar-refractivity contribution in [3.63, 3.8) is 0 Å². The van der Waals surface area contributed by atoms with Crippen LogP contribution in [0.3, 0.4) is 0 Å². The Morgan fingerprint density at radius 1 is 1.32 bits per heavy atom. The maximum atomic E-state index is 9.11. The Hall–Kier alpha value is -1.44. The van der Waals surface area contributed by atoms with Gasteiger partial charge in [-0.25, -0.2) is 0 Å². The fourth-order valence-corrected chi connectivity index (χ4v) is 2.38. The molecule has 102 valence electrons. The third kappa shape index (κ3) is 3.31. The normalized spacial score (nSPS) is 11.2. The van der Waals surface area contributed by atoms with Crippen LogP contribution in [0.1, 0.15) is 12.5 Å². The second kappa shape index (κ2) is 6.65.